The van der Waals surface area contributed by atoms with Crippen LogP contribution in [-0.2, 0) is 0 Å². The minimum Gasteiger partial charge on any atom is -0.285 e. The zero-order valence-corrected chi connectivity index (χ0v) is 8.43. The molecule has 13 heavy (non-hydrogen) atoms. The van der Waals surface area contributed by atoms with Crippen LogP contribution >= 0.6 is 11.3 Å². The minimum atomic E-state index is 0.554. The molecule has 0 aromatic carbocycles. The van der Waals surface area contributed by atoms with Crippen molar-refractivity contribution in [1.29, 1.82) is 0 Å². The van der Waals surface area contributed by atoms with E-state index in [2.05, 4.69) is 29.0 Å². The topological polar surface area (TPSA) is 41.6 Å². The minimum absolute atomic E-state index is 0.554. The first kappa shape index (κ1) is 8.44. The van der Waals surface area contributed by atoms with E-state index in [1.807, 2.05) is 12.4 Å². The van der Waals surface area contributed by atoms with Gasteiger partial charge in [-0.15, -0.1) is 11.3 Å². The van der Waals surface area contributed by atoms with E-state index in [0.717, 1.165) is 10.6 Å². The maximum atomic E-state index is 4.34. The Labute approximate surface area is 80.8 Å². The number of aromatic nitrogens is 3. The molecule has 0 aliphatic rings. The van der Waals surface area contributed by atoms with Gasteiger partial charge in [0.2, 0.25) is 0 Å². The van der Waals surface area contributed by atoms with Crippen LogP contribution in [0.5, 0.6) is 0 Å². The van der Waals surface area contributed by atoms with Gasteiger partial charge in [-0.05, 0) is 5.92 Å². The number of hydrogen-bond donors (Lipinski definition) is 1. The van der Waals surface area contributed by atoms with Crippen molar-refractivity contribution in [3.05, 3.63) is 23.5 Å². The molecule has 0 fully saturated rings. The number of rotatable bonds is 2. The molecule has 0 saturated heterocycles. The largest absolute Gasteiger partial charge is 0.285 e. The Hall–Kier alpha value is -1.16. The van der Waals surface area contributed by atoms with Crippen LogP contribution in [0.1, 0.15) is 24.6 Å². The molecule has 0 radical (unpaired) electrons. The SMILES string of the molecule is CC(C)c1cnc(-c2cn[nH]c2)s1. The van der Waals surface area contributed by atoms with E-state index < -0.39 is 0 Å². The van der Waals surface area contributed by atoms with E-state index >= 15 is 0 Å². The first-order valence-corrected chi connectivity index (χ1v) is 5.04. The van der Waals surface area contributed by atoms with Crippen LogP contribution in [0.15, 0.2) is 18.6 Å². The Morgan fingerprint density at radius 3 is 2.77 bits per heavy atom. The highest BCUT2D eigenvalue weighted by Gasteiger charge is 2.07. The zero-order chi connectivity index (χ0) is 9.26. The van der Waals surface area contributed by atoms with Crippen molar-refractivity contribution in [1.82, 2.24) is 15.2 Å². The molecular weight excluding hydrogens is 182 g/mol. The van der Waals surface area contributed by atoms with Gasteiger partial charge in [0.15, 0.2) is 0 Å². The number of nitrogens with zero attached hydrogens (tertiary/aromatic N) is 2. The summed E-state index contributed by atoms with van der Waals surface area (Å²) in [6.45, 7) is 4.35. The lowest BCUT2D eigenvalue weighted by molar-refractivity contribution is 0.885. The highest BCUT2D eigenvalue weighted by atomic mass is 32.1. The second-order valence-electron chi connectivity index (χ2n) is 3.21. The quantitative estimate of drug-likeness (QED) is 0.796. The van der Waals surface area contributed by atoms with Gasteiger partial charge < -0.3 is 0 Å². The lowest BCUT2D eigenvalue weighted by Gasteiger charge is -1.95. The number of hydrogen-bond acceptors (Lipinski definition) is 3. The molecule has 2 aromatic heterocycles. The molecule has 3 nitrogen and oxygen atoms in total. The van der Waals surface area contributed by atoms with Gasteiger partial charge in [0.05, 0.1) is 6.20 Å². The van der Waals surface area contributed by atoms with Crippen LogP contribution in [0.25, 0.3) is 10.6 Å². The fourth-order valence-corrected chi connectivity index (χ4v) is 1.95. The van der Waals surface area contributed by atoms with Crippen molar-refractivity contribution < 1.29 is 0 Å². The highest BCUT2D eigenvalue weighted by molar-refractivity contribution is 7.15. The van der Waals surface area contributed by atoms with Gasteiger partial charge in [-0.25, -0.2) is 4.98 Å². The predicted octanol–water partition coefficient (Wildman–Crippen LogP) is 2.66. The van der Waals surface area contributed by atoms with E-state index in [0.29, 0.717) is 5.92 Å². The molecule has 0 bridgehead atoms. The average molecular weight is 193 g/mol. The molecule has 0 spiro atoms. The molecule has 2 aromatic rings. The van der Waals surface area contributed by atoms with Gasteiger partial charge >= 0.3 is 0 Å². The van der Waals surface area contributed by atoms with Crippen molar-refractivity contribution in [3.63, 3.8) is 0 Å². The molecule has 0 atom stereocenters. The third-order valence-corrected chi connectivity index (χ3v) is 3.18. The summed E-state index contributed by atoms with van der Waals surface area (Å²) in [5.74, 6) is 0.554. The zero-order valence-electron chi connectivity index (χ0n) is 7.61. The maximum Gasteiger partial charge on any atom is 0.126 e. The summed E-state index contributed by atoms with van der Waals surface area (Å²) in [6.07, 6.45) is 5.60. The van der Waals surface area contributed by atoms with Crippen LogP contribution < -0.4 is 0 Å². The van der Waals surface area contributed by atoms with Crippen LogP contribution in [-0.4, -0.2) is 15.2 Å². The van der Waals surface area contributed by atoms with Crippen LogP contribution in [0.2, 0.25) is 0 Å². The van der Waals surface area contributed by atoms with Crippen LogP contribution in [0.3, 0.4) is 0 Å². The molecule has 1 N–H and O–H groups in total. The number of thiazole rings is 1. The van der Waals surface area contributed by atoms with Gasteiger partial charge in [0, 0.05) is 22.8 Å². The number of aromatic amines is 1. The molecule has 2 heterocycles. The molecule has 0 aliphatic heterocycles. The molecular formula is C9H11N3S. The van der Waals surface area contributed by atoms with E-state index in [9.17, 15) is 0 Å². The molecule has 0 unspecified atom stereocenters. The smallest absolute Gasteiger partial charge is 0.126 e. The first-order valence-electron chi connectivity index (χ1n) is 4.22. The van der Waals surface area contributed by atoms with Gasteiger partial charge in [0.1, 0.15) is 5.01 Å². The molecule has 4 heteroatoms. The Bertz CT molecular complexity index is 375. The summed E-state index contributed by atoms with van der Waals surface area (Å²) in [7, 11) is 0. The first-order chi connectivity index (χ1) is 6.27. The second-order valence-corrected chi connectivity index (χ2v) is 4.27. The third kappa shape index (κ3) is 1.62. The average Bonchev–Trinajstić information content (AvgIpc) is 2.75. The van der Waals surface area contributed by atoms with Crippen LogP contribution in [0.4, 0.5) is 0 Å². The van der Waals surface area contributed by atoms with E-state index in [4.69, 9.17) is 0 Å². The summed E-state index contributed by atoms with van der Waals surface area (Å²) >= 11 is 1.73. The lowest BCUT2D eigenvalue weighted by Crippen LogP contribution is -1.77. The Morgan fingerprint density at radius 2 is 2.23 bits per heavy atom. The second kappa shape index (κ2) is 3.30. The number of nitrogens with one attached hydrogen (secondary N) is 1. The van der Waals surface area contributed by atoms with Gasteiger partial charge in [-0.2, -0.15) is 5.10 Å². The summed E-state index contributed by atoms with van der Waals surface area (Å²) in [5, 5.41) is 7.72. The molecule has 0 saturated carbocycles. The number of H-pyrrole nitrogens is 1. The third-order valence-electron chi connectivity index (χ3n) is 1.84. The monoisotopic (exact) mass is 193 g/mol. The van der Waals surface area contributed by atoms with Gasteiger partial charge in [-0.1, -0.05) is 13.8 Å². The predicted molar refractivity (Wildman–Crippen MR) is 53.8 cm³/mol. The standard InChI is InChI=1S/C9H11N3S/c1-6(2)8-5-10-9(13-8)7-3-11-12-4-7/h3-6H,1-2H3,(H,11,12). The maximum absolute atomic E-state index is 4.34. The van der Waals surface area contributed by atoms with Crippen molar-refractivity contribution in [2.45, 2.75) is 19.8 Å². The highest BCUT2D eigenvalue weighted by Crippen LogP contribution is 2.28. The van der Waals surface area contributed by atoms with E-state index in [1.165, 1.54) is 4.88 Å². The molecule has 2 rings (SSSR count). The Kier molecular flexibility index (Phi) is 2.14. The van der Waals surface area contributed by atoms with Gasteiger partial charge in [-0.3, -0.25) is 5.10 Å². The Morgan fingerprint density at radius 1 is 1.38 bits per heavy atom. The van der Waals surface area contributed by atoms with Crippen molar-refractivity contribution >= 4 is 11.3 Å². The normalized spacial score (nSPS) is 11.0. The summed E-state index contributed by atoms with van der Waals surface area (Å²) in [4.78, 5) is 5.65. The Balaban J connectivity index is 2.33. The van der Waals surface area contributed by atoms with Crippen molar-refractivity contribution in [3.8, 4) is 10.6 Å². The summed E-state index contributed by atoms with van der Waals surface area (Å²) in [6, 6.07) is 0. The van der Waals surface area contributed by atoms with E-state index in [1.54, 1.807) is 17.5 Å². The van der Waals surface area contributed by atoms with Crippen molar-refractivity contribution in [2.75, 3.05) is 0 Å². The van der Waals surface area contributed by atoms with E-state index in [-0.39, 0.29) is 0 Å². The fraction of sp³-hybridized carbons (Fsp3) is 0.333. The van der Waals surface area contributed by atoms with Gasteiger partial charge in [0.25, 0.3) is 0 Å². The molecule has 0 aliphatic carbocycles. The summed E-state index contributed by atoms with van der Waals surface area (Å²) in [5.41, 5.74) is 1.07. The van der Waals surface area contributed by atoms with Crippen LogP contribution in [0, 0.1) is 0 Å². The summed E-state index contributed by atoms with van der Waals surface area (Å²) < 4.78 is 0. The van der Waals surface area contributed by atoms with Crippen molar-refractivity contribution in [2.24, 2.45) is 0 Å². The molecule has 68 valence electrons. The fourth-order valence-electron chi connectivity index (χ4n) is 1.05. The lowest BCUT2D eigenvalue weighted by atomic mass is 10.2. The molecule has 0 amide bonds.